The second kappa shape index (κ2) is 4.81. The summed E-state index contributed by atoms with van der Waals surface area (Å²) in [6.45, 7) is 6.69. The molecule has 2 rings (SSSR count). The summed E-state index contributed by atoms with van der Waals surface area (Å²) in [7, 11) is 0. The van der Waals surface area contributed by atoms with Gasteiger partial charge >= 0.3 is 0 Å². The van der Waals surface area contributed by atoms with Crippen LogP contribution in [0, 0.1) is 6.92 Å². The quantitative estimate of drug-likeness (QED) is 0.590. The molecule has 4 nitrogen and oxygen atoms in total. The molecule has 1 saturated carbocycles. The Morgan fingerprint density at radius 3 is 3.00 bits per heavy atom. The monoisotopic (exact) mass is 225 g/mol. The molecular weight excluding hydrogens is 210 g/mol. The summed E-state index contributed by atoms with van der Waals surface area (Å²) in [4.78, 5) is 0. The molecule has 0 bridgehead atoms. The summed E-state index contributed by atoms with van der Waals surface area (Å²) in [5.41, 5.74) is 1.17. The van der Waals surface area contributed by atoms with E-state index in [1.807, 2.05) is 0 Å². The van der Waals surface area contributed by atoms with E-state index in [2.05, 4.69) is 22.1 Å². The van der Waals surface area contributed by atoms with Gasteiger partial charge < -0.3 is 9.73 Å². The SMILES string of the molecule is C=C(CNC1CC1)CSc1nnc(C)o1. The Kier molecular flexibility index (Phi) is 3.43. The number of nitrogens with one attached hydrogen (secondary N) is 1. The Morgan fingerprint density at radius 2 is 2.40 bits per heavy atom. The molecule has 1 aliphatic rings. The zero-order chi connectivity index (χ0) is 10.7. The van der Waals surface area contributed by atoms with Gasteiger partial charge in [-0.1, -0.05) is 23.9 Å². The van der Waals surface area contributed by atoms with Gasteiger partial charge in [-0.2, -0.15) is 0 Å². The van der Waals surface area contributed by atoms with Crippen LogP contribution in [-0.4, -0.2) is 28.5 Å². The summed E-state index contributed by atoms with van der Waals surface area (Å²) in [6.07, 6.45) is 2.62. The van der Waals surface area contributed by atoms with E-state index in [-0.39, 0.29) is 0 Å². The van der Waals surface area contributed by atoms with Crippen molar-refractivity contribution in [1.82, 2.24) is 15.5 Å². The largest absolute Gasteiger partial charge is 0.416 e. The van der Waals surface area contributed by atoms with Gasteiger partial charge in [-0.15, -0.1) is 10.2 Å². The average molecular weight is 225 g/mol. The van der Waals surface area contributed by atoms with E-state index in [1.165, 1.54) is 18.4 Å². The molecule has 15 heavy (non-hydrogen) atoms. The maximum Gasteiger partial charge on any atom is 0.276 e. The molecule has 5 heteroatoms. The van der Waals surface area contributed by atoms with Crippen molar-refractivity contribution in [2.75, 3.05) is 12.3 Å². The minimum atomic E-state index is 0.610. The highest BCUT2D eigenvalue weighted by Gasteiger charge is 2.20. The fourth-order valence-corrected chi connectivity index (χ4v) is 1.84. The maximum atomic E-state index is 5.25. The van der Waals surface area contributed by atoms with Crippen molar-refractivity contribution in [3.8, 4) is 0 Å². The molecule has 1 N–H and O–H groups in total. The van der Waals surface area contributed by atoms with E-state index in [0.717, 1.165) is 18.3 Å². The second-order valence-corrected chi connectivity index (χ2v) is 4.71. The minimum absolute atomic E-state index is 0.610. The number of hydrogen-bond acceptors (Lipinski definition) is 5. The third kappa shape index (κ3) is 3.68. The first-order valence-electron chi connectivity index (χ1n) is 5.07. The Balaban J connectivity index is 1.65. The standard InChI is InChI=1S/C10H15N3OS/c1-7(5-11-9-3-4-9)6-15-10-13-12-8(2)14-10/h9,11H,1,3-6H2,2H3. The van der Waals surface area contributed by atoms with Crippen molar-refractivity contribution in [3.63, 3.8) is 0 Å². The van der Waals surface area contributed by atoms with E-state index >= 15 is 0 Å². The molecule has 0 saturated heterocycles. The van der Waals surface area contributed by atoms with E-state index in [9.17, 15) is 0 Å². The van der Waals surface area contributed by atoms with Crippen molar-refractivity contribution in [2.24, 2.45) is 0 Å². The van der Waals surface area contributed by atoms with Gasteiger partial charge in [0.2, 0.25) is 5.89 Å². The lowest BCUT2D eigenvalue weighted by atomic mass is 10.3. The molecule has 1 aliphatic carbocycles. The smallest absolute Gasteiger partial charge is 0.276 e. The second-order valence-electron chi connectivity index (χ2n) is 3.78. The van der Waals surface area contributed by atoms with E-state index < -0.39 is 0 Å². The van der Waals surface area contributed by atoms with Crippen LogP contribution in [0.4, 0.5) is 0 Å². The Bertz CT molecular complexity index is 346. The Labute approximate surface area is 93.5 Å². The molecule has 1 heterocycles. The normalized spacial score (nSPS) is 15.5. The maximum absolute atomic E-state index is 5.25. The highest BCUT2D eigenvalue weighted by molar-refractivity contribution is 7.99. The van der Waals surface area contributed by atoms with Crippen LogP contribution in [0.25, 0.3) is 0 Å². The fraction of sp³-hybridized carbons (Fsp3) is 0.600. The molecule has 1 aromatic heterocycles. The zero-order valence-corrected chi connectivity index (χ0v) is 9.64. The number of aryl methyl sites for hydroxylation is 1. The summed E-state index contributed by atoms with van der Waals surface area (Å²) in [6, 6.07) is 0.734. The van der Waals surface area contributed by atoms with Crippen LogP contribution in [0.2, 0.25) is 0 Å². The van der Waals surface area contributed by atoms with Gasteiger partial charge in [0.05, 0.1) is 0 Å². The third-order valence-electron chi connectivity index (χ3n) is 2.13. The van der Waals surface area contributed by atoms with Crippen molar-refractivity contribution in [3.05, 3.63) is 18.0 Å². The molecule has 0 aliphatic heterocycles. The molecule has 1 fully saturated rings. The van der Waals surface area contributed by atoms with Crippen LogP contribution in [-0.2, 0) is 0 Å². The van der Waals surface area contributed by atoms with Gasteiger partial charge in [-0.3, -0.25) is 0 Å². The summed E-state index contributed by atoms with van der Waals surface area (Å²) in [5.74, 6) is 1.45. The number of hydrogen-bond donors (Lipinski definition) is 1. The topological polar surface area (TPSA) is 51.0 Å². The third-order valence-corrected chi connectivity index (χ3v) is 3.09. The Hall–Kier alpha value is -0.810. The molecule has 0 amide bonds. The average Bonchev–Trinajstić information content (AvgIpc) is 2.95. The van der Waals surface area contributed by atoms with Crippen molar-refractivity contribution < 1.29 is 4.42 Å². The van der Waals surface area contributed by atoms with Gasteiger partial charge in [-0.25, -0.2) is 0 Å². The zero-order valence-electron chi connectivity index (χ0n) is 8.82. The van der Waals surface area contributed by atoms with Crippen molar-refractivity contribution in [1.29, 1.82) is 0 Å². The molecule has 0 radical (unpaired) electrons. The number of rotatable bonds is 6. The van der Waals surface area contributed by atoms with Crippen LogP contribution in [0.3, 0.4) is 0 Å². The first-order valence-corrected chi connectivity index (χ1v) is 6.05. The highest BCUT2D eigenvalue weighted by atomic mass is 32.2. The molecule has 1 aromatic rings. The van der Waals surface area contributed by atoms with Crippen LogP contribution < -0.4 is 5.32 Å². The molecular formula is C10H15N3OS. The van der Waals surface area contributed by atoms with E-state index in [1.54, 1.807) is 18.7 Å². The predicted octanol–water partition coefficient (Wildman–Crippen LogP) is 1.78. The van der Waals surface area contributed by atoms with Crippen LogP contribution in [0.1, 0.15) is 18.7 Å². The van der Waals surface area contributed by atoms with E-state index in [0.29, 0.717) is 11.1 Å². The van der Waals surface area contributed by atoms with Gasteiger partial charge in [-0.05, 0) is 12.8 Å². The van der Waals surface area contributed by atoms with Crippen LogP contribution in [0.5, 0.6) is 0 Å². The van der Waals surface area contributed by atoms with Gasteiger partial charge in [0, 0.05) is 25.3 Å². The van der Waals surface area contributed by atoms with E-state index in [4.69, 9.17) is 4.42 Å². The predicted molar refractivity (Wildman–Crippen MR) is 59.9 cm³/mol. The van der Waals surface area contributed by atoms with Gasteiger partial charge in [0.25, 0.3) is 5.22 Å². The lowest BCUT2D eigenvalue weighted by molar-refractivity contribution is 0.429. The summed E-state index contributed by atoms with van der Waals surface area (Å²) < 4.78 is 5.25. The highest BCUT2D eigenvalue weighted by Crippen LogP contribution is 2.20. The van der Waals surface area contributed by atoms with Crippen molar-refractivity contribution >= 4 is 11.8 Å². The number of nitrogens with zero attached hydrogens (tertiary/aromatic N) is 2. The lowest BCUT2D eigenvalue weighted by Gasteiger charge is -2.04. The lowest BCUT2D eigenvalue weighted by Crippen LogP contribution is -2.19. The molecule has 0 unspecified atom stereocenters. The first kappa shape index (κ1) is 10.7. The Morgan fingerprint density at radius 1 is 1.60 bits per heavy atom. The number of aromatic nitrogens is 2. The van der Waals surface area contributed by atoms with Crippen LogP contribution >= 0.6 is 11.8 Å². The minimum Gasteiger partial charge on any atom is -0.416 e. The first-order chi connectivity index (χ1) is 7.24. The molecule has 0 spiro atoms. The van der Waals surface area contributed by atoms with Gasteiger partial charge in [0.15, 0.2) is 0 Å². The molecule has 82 valence electrons. The van der Waals surface area contributed by atoms with Crippen molar-refractivity contribution in [2.45, 2.75) is 31.0 Å². The summed E-state index contributed by atoms with van der Waals surface area (Å²) >= 11 is 1.54. The number of thioether (sulfide) groups is 1. The van der Waals surface area contributed by atoms with Gasteiger partial charge in [0.1, 0.15) is 0 Å². The molecule has 0 aromatic carbocycles. The molecule has 0 atom stereocenters. The van der Waals surface area contributed by atoms with Crippen LogP contribution in [0.15, 0.2) is 21.8 Å². The summed E-state index contributed by atoms with van der Waals surface area (Å²) in [5, 5.41) is 11.7. The fourth-order valence-electron chi connectivity index (χ4n) is 1.13.